The molecule has 0 saturated heterocycles. The highest BCUT2D eigenvalue weighted by Crippen LogP contribution is 2.31. The second kappa shape index (κ2) is 3.86. The lowest BCUT2D eigenvalue weighted by Crippen LogP contribution is -2.09. The molecule has 0 aliphatic carbocycles. The summed E-state index contributed by atoms with van der Waals surface area (Å²) in [5.74, 6) is 0. The highest BCUT2D eigenvalue weighted by molar-refractivity contribution is 9.10. The number of halogens is 4. The fraction of sp³-hybridized carbons (Fsp3) is 0.375. The van der Waals surface area contributed by atoms with Gasteiger partial charge in [-0.2, -0.15) is 13.2 Å². The van der Waals surface area contributed by atoms with Gasteiger partial charge in [-0.25, -0.2) is 0 Å². The average molecular weight is 270 g/mol. The predicted octanol–water partition coefficient (Wildman–Crippen LogP) is 2.92. The van der Waals surface area contributed by atoms with E-state index in [1.165, 1.54) is 6.92 Å². The van der Waals surface area contributed by atoms with Gasteiger partial charge in [0.2, 0.25) is 0 Å². The van der Waals surface area contributed by atoms with Crippen LogP contribution in [0.2, 0.25) is 0 Å². The Morgan fingerprint density at radius 3 is 2.50 bits per heavy atom. The van der Waals surface area contributed by atoms with Crippen LogP contribution in [0.3, 0.4) is 0 Å². The van der Waals surface area contributed by atoms with Crippen molar-refractivity contribution in [3.63, 3.8) is 0 Å². The summed E-state index contributed by atoms with van der Waals surface area (Å²) in [6.07, 6.45) is -4.41. The van der Waals surface area contributed by atoms with Crippen LogP contribution in [0.5, 0.6) is 0 Å². The number of hydrogen-bond acceptors (Lipinski definition) is 2. The van der Waals surface area contributed by atoms with Gasteiger partial charge >= 0.3 is 6.18 Å². The van der Waals surface area contributed by atoms with Crippen LogP contribution in [0, 0.1) is 0 Å². The maximum Gasteiger partial charge on any atom is 0.433 e. The first-order valence-corrected chi connectivity index (χ1v) is 4.52. The highest BCUT2D eigenvalue weighted by Gasteiger charge is 2.33. The van der Waals surface area contributed by atoms with Crippen LogP contribution < -0.4 is 0 Å². The zero-order valence-electron chi connectivity index (χ0n) is 7.14. The van der Waals surface area contributed by atoms with Gasteiger partial charge in [-0.1, -0.05) is 0 Å². The molecule has 78 valence electrons. The minimum Gasteiger partial charge on any atom is -0.389 e. The van der Waals surface area contributed by atoms with E-state index in [1.54, 1.807) is 0 Å². The third kappa shape index (κ3) is 2.45. The van der Waals surface area contributed by atoms with Crippen molar-refractivity contribution in [1.82, 2.24) is 4.98 Å². The van der Waals surface area contributed by atoms with E-state index in [2.05, 4.69) is 20.9 Å². The Kier molecular flexibility index (Phi) is 3.16. The lowest BCUT2D eigenvalue weighted by atomic mass is 10.1. The Balaban J connectivity index is 3.20. The van der Waals surface area contributed by atoms with Crippen LogP contribution in [0.1, 0.15) is 24.3 Å². The number of aliphatic hydroxyl groups excluding tert-OH is 1. The number of aliphatic hydroxyl groups is 1. The van der Waals surface area contributed by atoms with Crippen molar-refractivity contribution >= 4 is 15.9 Å². The average Bonchev–Trinajstić information content (AvgIpc) is 2.02. The molecule has 2 nitrogen and oxygen atoms in total. The third-order valence-electron chi connectivity index (χ3n) is 1.63. The molecule has 0 radical (unpaired) electrons. The number of pyridine rings is 1. The summed E-state index contributed by atoms with van der Waals surface area (Å²) in [5.41, 5.74) is -0.830. The van der Waals surface area contributed by atoms with Gasteiger partial charge < -0.3 is 5.11 Å². The van der Waals surface area contributed by atoms with Crippen molar-refractivity contribution in [2.75, 3.05) is 0 Å². The van der Waals surface area contributed by atoms with Gasteiger partial charge in [-0.05, 0) is 34.5 Å². The van der Waals surface area contributed by atoms with Crippen molar-refractivity contribution in [3.8, 4) is 0 Å². The van der Waals surface area contributed by atoms with Crippen molar-refractivity contribution in [2.45, 2.75) is 19.2 Å². The van der Waals surface area contributed by atoms with Crippen LogP contribution in [0.25, 0.3) is 0 Å². The van der Waals surface area contributed by atoms with Crippen LogP contribution in [-0.4, -0.2) is 10.1 Å². The van der Waals surface area contributed by atoms with E-state index in [-0.39, 0.29) is 5.56 Å². The topological polar surface area (TPSA) is 33.1 Å². The first-order valence-electron chi connectivity index (χ1n) is 3.73. The fourth-order valence-corrected chi connectivity index (χ4v) is 1.48. The molecular formula is C8H7BrF3NO. The van der Waals surface area contributed by atoms with Crippen molar-refractivity contribution < 1.29 is 18.3 Å². The summed E-state index contributed by atoms with van der Waals surface area (Å²) in [4.78, 5) is 3.21. The minimum atomic E-state index is -4.48. The molecule has 1 atom stereocenters. The van der Waals surface area contributed by atoms with Gasteiger partial charge in [0.25, 0.3) is 0 Å². The lowest BCUT2D eigenvalue weighted by Gasteiger charge is -2.11. The van der Waals surface area contributed by atoms with E-state index < -0.39 is 18.0 Å². The second-order valence-corrected chi connectivity index (χ2v) is 3.62. The normalized spacial score (nSPS) is 14.1. The molecule has 0 amide bonds. The summed E-state index contributed by atoms with van der Waals surface area (Å²) < 4.78 is 37.0. The molecule has 0 aliphatic heterocycles. The molecular weight excluding hydrogens is 263 g/mol. The van der Waals surface area contributed by atoms with E-state index in [4.69, 9.17) is 5.11 Å². The molecule has 1 aromatic heterocycles. The zero-order valence-corrected chi connectivity index (χ0v) is 8.72. The molecule has 1 rings (SSSR count). The fourth-order valence-electron chi connectivity index (χ4n) is 0.929. The predicted molar refractivity (Wildman–Crippen MR) is 47.6 cm³/mol. The molecule has 0 spiro atoms. The van der Waals surface area contributed by atoms with E-state index in [1.807, 2.05) is 0 Å². The van der Waals surface area contributed by atoms with Gasteiger partial charge in [0.15, 0.2) is 0 Å². The van der Waals surface area contributed by atoms with Gasteiger partial charge in [-0.15, -0.1) is 0 Å². The minimum absolute atomic E-state index is 0.173. The van der Waals surface area contributed by atoms with E-state index in [0.29, 0.717) is 4.47 Å². The van der Waals surface area contributed by atoms with Crippen molar-refractivity contribution in [2.24, 2.45) is 0 Å². The SMILES string of the molecule is C[C@H](O)c1cc(C(F)(F)F)ncc1Br. The van der Waals surface area contributed by atoms with Crippen LogP contribution in [0.15, 0.2) is 16.7 Å². The molecule has 1 heterocycles. The number of aromatic nitrogens is 1. The summed E-state index contributed by atoms with van der Waals surface area (Å²) in [5, 5.41) is 9.17. The van der Waals surface area contributed by atoms with Crippen molar-refractivity contribution in [1.29, 1.82) is 0 Å². The number of hydrogen-bond donors (Lipinski definition) is 1. The van der Waals surface area contributed by atoms with Crippen LogP contribution >= 0.6 is 15.9 Å². The Labute approximate surface area is 86.9 Å². The molecule has 6 heteroatoms. The van der Waals surface area contributed by atoms with Gasteiger partial charge in [0.1, 0.15) is 5.69 Å². The largest absolute Gasteiger partial charge is 0.433 e. The molecule has 0 fully saturated rings. The Morgan fingerprint density at radius 2 is 2.07 bits per heavy atom. The maximum absolute atomic E-state index is 12.2. The summed E-state index contributed by atoms with van der Waals surface area (Å²) in [6, 6.07) is 0.828. The van der Waals surface area contributed by atoms with Crippen LogP contribution in [-0.2, 0) is 6.18 Å². The van der Waals surface area contributed by atoms with Crippen molar-refractivity contribution in [3.05, 3.63) is 28.0 Å². The van der Waals surface area contributed by atoms with Crippen LogP contribution in [0.4, 0.5) is 13.2 Å². The number of nitrogens with zero attached hydrogens (tertiary/aromatic N) is 1. The first kappa shape index (κ1) is 11.5. The van der Waals surface area contributed by atoms with Gasteiger partial charge in [-0.3, -0.25) is 4.98 Å². The molecule has 1 aromatic rings. The Hall–Kier alpha value is -0.620. The monoisotopic (exact) mass is 269 g/mol. The zero-order chi connectivity index (χ0) is 10.9. The van der Waals surface area contributed by atoms with Gasteiger partial charge in [0, 0.05) is 10.7 Å². The quantitative estimate of drug-likeness (QED) is 0.851. The molecule has 14 heavy (non-hydrogen) atoms. The summed E-state index contributed by atoms with van der Waals surface area (Å²) in [6.45, 7) is 1.39. The van der Waals surface area contributed by atoms with E-state index >= 15 is 0 Å². The number of alkyl halides is 3. The van der Waals surface area contributed by atoms with E-state index in [9.17, 15) is 13.2 Å². The van der Waals surface area contributed by atoms with Gasteiger partial charge in [0.05, 0.1) is 6.10 Å². The molecule has 0 aromatic carbocycles. The lowest BCUT2D eigenvalue weighted by molar-refractivity contribution is -0.141. The molecule has 0 unspecified atom stereocenters. The molecule has 0 aliphatic rings. The third-order valence-corrected chi connectivity index (χ3v) is 2.29. The molecule has 1 N–H and O–H groups in total. The standard InChI is InChI=1S/C8H7BrF3NO/c1-4(14)5-2-7(8(10,11)12)13-3-6(5)9/h2-4,14H,1H3/t4-/m0/s1. The summed E-state index contributed by atoms with van der Waals surface area (Å²) in [7, 11) is 0. The molecule has 0 bridgehead atoms. The maximum atomic E-state index is 12.2. The Morgan fingerprint density at radius 1 is 1.50 bits per heavy atom. The Bertz CT molecular complexity index is 338. The van der Waals surface area contributed by atoms with E-state index in [0.717, 1.165) is 12.3 Å². The molecule has 0 saturated carbocycles. The highest BCUT2D eigenvalue weighted by atomic mass is 79.9. The second-order valence-electron chi connectivity index (χ2n) is 2.76. The number of rotatable bonds is 1. The smallest absolute Gasteiger partial charge is 0.389 e. The first-order chi connectivity index (χ1) is 6.32. The summed E-state index contributed by atoms with van der Waals surface area (Å²) >= 11 is 3.01.